The summed E-state index contributed by atoms with van der Waals surface area (Å²) in [5.41, 5.74) is 1.07. The predicted octanol–water partition coefficient (Wildman–Crippen LogP) is 3.23. The summed E-state index contributed by atoms with van der Waals surface area (Å²) in [5, 5.41) is 2.85. The van der Waals surface area contributed by atoms with Gasteiger partial charge in [0.15, 0.2) is 0 Å². The van der Waals surface area contributed by atoms with E-state index >= 15 is 0 Å². The molecule has 0 saturated heterocycles. The van der Waals surface area contributed by atoms with Gasteiger partial charge in [0.25, 0.3) is 0 Å². The molecule has 0 unspecified atom stereocenters. The molecule has 2 aromatic carbocycles. The van der Waals surface area contributed by atoms with Crippen LogP contribution in [0.4, 0.5) is 10.1 Å². The number of hydrogen-bond donors (Lipinski definition) is 1. The lowest BCUT2D eigenvalue weighted by Gasteiger charge is -2.33. The van der Waals surface area contributed by atoms with Crippen LogP contribution in [0.25, 0.3) is 0 Å². The fourth-order valence-electron chi connectivity index (χ4n) is 3.20. The summed E-state index contributed by atoms with van der Waals surface area (Å²) in [6.07, 6.45) is 0.909. The van der Waals surface area contributed by atoms with E-state index in [2.05, 4.69) is 5.32 Å². The van der Waals surface area contributed by atoms with Crippen molar-refractivity contribution in [2.24, 2.45) is 0 Å². The van der Waals surface area contributed by atoms with Gasteiger partial charge in [-0.25, -0.2) is 12.8 Å². The molecule has 2 aromatic rings. The molecule has 0 aliphatic rings. The normalized spacial score (nSPS) is 12.7. The van der Waals surface area contributed by atoms with Gasteiger partial charge >= 0.3 is 0 Å². The third kappa shape index (κ3) is 7.56. The van der Waals surface area contributed by atoms with Crippen LogP contribution in [0.2, 0.25) is 0 Å². The van der Waals surface area contributed by atoms with Crippen LogP contribution < -0.4 is 9.62 Å². The van der Waals surface area contributed by atoms with E-state index in [9.17, 15) is 22.4 Å². The molecular formula is C24H32FN3O4S. The first-order chi connectivity index (χ1) is 15.2. The lowest BCUT2D eigenvalue weighted by Crippen LogP contribution is -2.54. The summed E-state index contributed by atoms with van der Waals surface area (Å²) in [6.45, 7) is 8.45. The monoisotopic (exact) mass is 477 g/mol. The van der Waals surface area contributed by atoms with Crippen LogP contribution in [-0.4, -0.2) is 49.5 Å². The average Bonchev–Trinajstić information content (AvgIpc) is 2.69. The van der Waals surface area contributed by atoms with Crippen molar-refractivity contribution in [1.29, 1.82) is 0 Å². The first-order valence-electron chi connectivity index (χ1n) is 10.6. The lowest BCUT2D eigenvalue weighted by molar-refractivity contribution is -0.140. The van der Waals surface area contributed by atoms with E-state index in [0.29, 0.717) is 0 Å². The first-order valence-corrected chi connectivity index (χ1v) is 12.4. The van der Waals surface area contributed by atoms with E-state index in [1.807, 2.05) is 52.0 Å². The second-order valence-electron chi connectivity index (χ2n) is 9.14. The first kappa shape index (κ1) is 26.3. The molecule has 0 aromatic heterocycles. The van der Waals surface area contributed by atoms with Crippen molar-refractivity contribution in [3.8, 4) is 0 Å². The number of rotatable bonds is 8. The minimum Gasteiger partial charge on any atom is -0.350 e. The molecule has 0 aliphatic carbocycles. The molecule has 2 amide bonds. The topological polar surface area (TPSA) is 86.8 Å². The molecule has 0 bridgehead atoms. The molecule has 1 atom stereocenters. The highest BCUT2D eigenvalue weighted by molar-refractivity contribution is 7.92. The molecule has 0 aliphatic heterocycles. The summed E-state index contributed by atoms with van der Waals surface area (Å²) < 4.78 is 40.0. The van der Waals surface area contributed by atoms with Gasteiger partial charge < -0.3 is 10.2 Å². The molecule has 0 radical (unpaired) electrons. The summed E-state index contributed by atoms with van der Waals surface area (Å²) in [7, 11) is -3.98. The van der Waals surface area contributed by atoms with Gasteiger partial charge in [-0.1, -0.05) is 42.0 Å². The molecule has 0 saturated carbocycles. The van der Waals surface area contributed by atoms with Crippen molar-refractivity contribution < 1.29 is 22.4 Å². The smallest absolute Gasteiger partial charge is 0.244 e. The molecule has 180 valence electrons. The maximum absolute atomic E-state index is 14.4. The van der Waals surface area contributed by atoms with Crippen molar-refractivity contribution in [2.45, 2.75) is 52.7 Å². The number of para-hydroxylation sites is 1. The minimum absolute atomic E-state index is 0.0900. The van der Waals surface area contributed by atoms with Crippen LogP contribution in [0.15, 0.2) is 48.5 Å². The van der Waals surface area contributed by atoms with Gasteiger partial charge in [0, 0.05) is 12.1 Å². The van der Waals surface area contributed by atoms with E-state index < -0.39 is 39.9 Å². The lowest BCUT2D eigenvalue weighted by atomic mass is 10.1. The Bertz CT molecular complexity index is 1100. The number of aryl methyl sites for hydroxylation is 1. The Hall–Kier alpha value is -2.94. The van der Waals surface area contributed by atoms with Crippen LogP contribution in [0.5, 0.6) is 0 Å². The Labute approximate surface area is 195 Å². The van der Waals surface area contributed by atoms with Crippen LogP contribution in [0, 0.1) is 12.7 Å². The van der Waals surface area contributed by atoms with Crippen molar-refractivity contribution in [2.75, 3.05) is 17.1 Å². The van der Waals surface area contributed by atoms with E-state index in [1.165, 1.54) is 23.1 Å². The van der Waals surface area contributed by atoms with Crippen LogP contribution >= 0.6 is 0 Å². The molecular weight excluding hydrogens is 445 g/mol. The van der Waals surface area contributed by atoms with Crippen molar-refractivity contribution in [3.63, 3.8) is 0 Å². The van der Waals surface area contributed by atoms with Gasteiger partial charge in [-0.2, -0.15) is 0 Å². The number of nitrogens with one attached hydrogen (secondary N) is 1. The van der Waals surface area contributed by atoms with Gasteiger partial charge in [-0.15, -0.1) is 0 Å². The van der Waals surface area contributed by atoms with Crippen molar-refractivity contribution >= 4 is 27.5 Å². The van der Waals surface area contributed by atoms with E-state index in [0.717, 1.165) is 27.8 Å². The largest absolute Gasteiger partial charge is 0.350 e. The number of nitrogens with zero attached hydrogens (tertiary/aromatic N) is 2. The zero-order valence-corrected chi connectivity index (χ0v) is 20.7. The molecule has 2 rings (SSSR count). The van der Waals surface area contributed by atoms with Crippen molar-refractivity contribution in [3.05, 3.63) is 65.5 Å². The minimum atomic E-state index is -3.98. The van der Waals surface area contributed by atoms with Gasteiger partial charge in [-0.3, -0.25) is 13.9 Å². The molecule has 1 N–H and O–H groups in total. The van der Waals surface area contributed by atoms with Gasteiger partial charge in [0.1, 0.15) is 18.4 Å². The van der Waals surface area contributed by atoms with Gasteiger partial charge in [0.2, 0.25) is 21.8 Å². The Balaban J connectivity index is 2.41. The maximum atomic E-state index is 14.4. The van der Waals surface area contributed by atoms with Gasteiger partial charge in [-0.05, 0) is 52.3 Å². The number of carbonyl (C=O) groups is 2. The number of halogens is 1. The molecule has 0 spiro atoms. The number of carbonyl (C=O) groups excluding carboxylic acids is 2. The highest BCUT2D eigenvalue weighted by atomic mass is 32.2. The molecule has 33 heavy (non-hydrogen) atoms. The van der Waals surface area contributed by atoms with Gasteiger partial charge in [0.05, 0.1) is 11.9 Å². The number of sulfonamides is 1. The highest BCUT2D eigenvalue weighted by Crippen LogP contribution is 2.22. The zero-order valence-electron chi connectivity index (χ0n) is 19.9. The van der Waals surface area contributed by atoms with Crippen LogP contribution in [0.1, 0.15) is 38.8 Å². The van der Waals surface area contributed by atoms with E-state index in [1.54, 1.807) is 6.92 Å². The van der Waals surface area contributed by atoms with Crippen LogP contribution in [0.3, 0.4) is 0 Å². The molecule has 0 heterocycles. The Morgan fingerprint density at radius 1 is 1.06 bits per heavy atom. The van der Waals surface area contributed by atoms with E-state index in [-0.39, 0.29) is 18.1 Å². The number of anilines is 1. The maximum Gasteiger partial charge on any atom is 0.244 e. The Kier molecular flexibility index (Phi) is 8.24. The summed E-state index contributed by atoms with van der Waals surface area (Å²) in [6, 6.07) is 11.9. The highest BCUT2D eigenvalue weighted by Gasteiger charge is 2.32. The molecule has 7 nitrogen and oxygen atoms in total. The molecule has 0 fully saturated rings. The number of hydrogen-bond acceptors (Lipinski definition) is 4. The fourth-order valence-corrected chi connectivity index (χ4v) is 4.05. The van der Waals surface area contributed by atoms with E-state index in [4.69, 9.17) is 0 Å². The third-order valence-electron chi connectivity index (χ3n) is 4.94. The number of benzene rings is 2. The molecule has 9 heteroatoms. The fraction of sp³-hybridized carbons (Fsp3) is 0.417. The van der Waals surface area contributed by atoms with Crippen molar-refractivity contribution in [1.82, 2.24) is 10.2 Å². The zero-order chi connectivity index (χ0) is 25.0. The SMILES string of the molecule is Cc1ccc(CN(C(=O)CN(c2ccccc2F)S(C)(=O)=O)[C@H](C)C(=O)NC(C)(C)C)cc1. The standard InChI is InChI=1S/C24H32FN3O4S/c1-17-11-13-19(14-12-17)15-27(18(2)23(30)26-24(3,4)5)22(29)16-28(33(6,31)32)21-10-8-7-9-20(21)25/h7-14,18H,15-16H2,1-6H3,(H,26,30)/t18-/m1/s1. The summed E-state index contributed by atoms with van der Waals surface area (Å²) >= 11 is 0. The predicted molar refractivity (Wildman–Crippen MR) is 128 cm³/mol. The second-order valence-corrected chi connectivity index (χ2v) is 11.1. The Morgan fingerprint density at radius 2 is 1.64 bits per heavy atom. The average molecular weight is 478 g/mol. The van der Waals surface area contributed by atoms with Crippen LogP contribution in [-0.2, 0) is 26.2 Å². The number of amides is 2. The summed E-state index contributed by atoms with van der Waals surface area (Å²) in [4.78, 5) is 27.6. The third-order valence-corrected chi connectivity index (χ3v) is 6.07. The summed E-state index contributed by atoms with van der Waals surface area (Å²) in [5.74, 6) is -1.76. The Morgan fingerprint density at radius 3 is 2.15 bits per heavy atom. The second kappa shape index (κ2) is 10.3. The quantitative estimate of drug-likeness (QED) is 0.633.